The molecule has 21 heavy (non-hydrogen) atoms. The summed E-state index contributed by atoms with van der Waals surface area (Å²) in [5.41, 5.74) is 8.15. The fourth-order valence-corrected chi connectivity index (χ4v) is 5.21. The van der Waals surface area contributed by atoms with E-state index in [0.29, 0.717) is 0 Å². The topological polar surface area (TPSA) is 29.3 Å². The highest BCUT2D eigenvalue weighted by Crippen LogP contribution is 2.47. The number of hydrogen-bond acceptors (Lipinski definition) is 3. The molecule has 2 aliphatic rings. The van der Waals surface area contributed by atoms with Gasteiger partial charge in [-0.2, -0.15) is 11.3 Å². The van der Waals surface area contributed by atoms with Crippen LogP contribution >= 0.6 is 11.3 Å². The number of thiophene rings is 1. The van der Waals surface area contributed by atoms with E-state index in [9.17, 15) is 0 Å². The standard InChI is InChI=1S/C18H30N2S/c1-14(2)17-5-3-4-9-18(17,13-19)20(16-6-7-16)11-15-8-10-21-12-15/h8,10,12,14,16-17H,3-7,9,11,13,19H2,1-2H3. The molecule has 2 saturated carbocycles. The molecule has 0 amide bonds. The van der Waals surface area contributed by atoms with Crippen LogP contribution in [0.1, 0.15) is 57.9 Å². The van der Waals surface area contributed by atoms with Gasteiger partial charge in [0.15, 0.2) is 0 Å². The monoisotopic (exact) mass is 306 g/mol. The quantitative estimate of drug-likeness (QED) is 0.851. The van der Waals surface area contributed by atoms with Crippen molar-refractivity contribution in [2.24, 2.45) is 17.6 Å². The van der Waals surface area contributed by atoms with Crippen molar-refractivity contribution in [1.82, 2.24) is 4.90 Å². The summed E-state index contributed by atoms with van der Waals surface area (Å²) >= 11 is 1.82. The van der Waals surface area contributed by atoms with E-state index in [1.165, 1.54) is 44.1 Å². The molecule has 1 heterocycles. The average molecular weight is 307 g/mol. The Morgan fingerprint density at radius 2 is 2.14 bits per heavy atom. The van der Waals surface area contributed by atoms with Gasteiger partial charge in [-0.05, 0) is 59.9 Å². The molecule has 3 rings (SSSR count). The second-order valence-corrected chi connectivity index (χ2v) is 8.17. The van der Waals surface area contributed by atoms with Gasteiger partial charge in [0.05, 0.1) is 0 Å². The molecule has 1 aromatic rings. The molecule has 2 unspecified atom stereocenters. The molecule has 2 aliphatic carbocycles. The third-order valence-electron chi connectivity index (χ3n) is 5.72. The largest absolute Gasteiger partial charge is 0.329 e. The van der Waals surface area contributed by atoms with E-state index in [1.54, 1.807) is 0 Å². The van der Waals surface area contributed by atoms with Crippen LogP contribution in [0.4, 0.5) is 0 Å². The van der Waals surface area contributed by atoms with Crippen LogP contribution in [0.2, 0.25) is 0 Å². The minimum Gasteiger partial charge on any atom is -0.329 e. The van der Waals surface area contributed by atoms with Crippen LogP contribution in [0.3, 0.4) is 0 Å². The fourth-order valence-electron chi connectivity index (χ4n) is 4.55. The van der Waals surface area contributed by atoms with E-state index in [-0.39, 0.29) is 5.54 Å². The van der Waals surface area contributed by atoms with Crippen LogP contribution in [0.25, 0.3) is 0 Å². The van der Waals surface area contributed by atoms with E-state index in [0.717, 1.165) is 31.0 Å². The van der Waals surface area contributed by atoms with Crippen LogP contribution < -0.4 is 5.73 Å². The van der Waals surface area contributed by atoms with E-state index >= 15 is 0 Å². The van der Waals surface area contributed by atoms with Crippen LogP contribution in [0, 0.1) is 11.8 Å². The van der Waals surface area contributed by atoms with Crippen molar-refractivity contribution in [2.75, 3.05) is 6.54 Å². The first kappa shape index (κ1) is 15.5. The molecule has 118 valence electrons. The molecule has 1 aromatic heterocycles. The second kappa shape index (κ2) is 6.39. The third-order valence-corrected chi connectivity index (χ3v) is 6.45. The Morgan fingerprint density at radius 3 is 2.71 bits per heavy atom. The average Bonchev–Trinajstić information content (AvgIpc) is 3.20. The SMILES string of the molecule is CC(C)C1CCCCC1(CN)N(Cc1ccsc1)C1CC1. The maximum absolute atomic E-state index is 6.42. The highest BCUT2D eigenvalue weighted by atomic mass is 32.1. The summed E-state index contributed by atoms with van der Waals surface area (Å²) in [6.07, 6.45) is 8.15. The summed E-state index contributed by atoms with van der Waals surface area (Å²) in [4.78, 5) is 2.82. The van der Waals surface area contributed by atoms with Gasteiger partial charge in [-0.25, -0.2) is 0 Å². The van der Waals surface area contributed by atoms with Crippen LogP contribution in [-0.2, 0) is 6.54 Å². The maximum atomic E-state index is 6.42. The molecule has 0 aliphatic heterocycles. The molecule has 0 saturated heterocycles. The van der Waals surface area contributed by atoms with Gasteiger partial charge in [0.25, 0.3) is 0 Å². The lowest BCUT2D eigenvalue weighted by Crippen LogP contribution is -2.61. The zero-order chi connectivity index (χ0) is 14.9. The van der Waals surface area contributed by atoms with Gasteiger partial charge in [0, 0.05) is 24.7 Å². The number of nitrogens with zero attached hydrogens (tertiary/aromatic N) is 1. The molecule has 3 heteroatoms. The molecule has 2 atom stereocenters. The molecule has 0 radical (unpaired) electrons. The van der Waals surface area contributed by atoms with Crippen molar-refractivity contribution < 1.29 is 0 Å². The Morgan fingerprint density at radius 1 is 1.33 bits per heavy atom. The highest BCUT2D eigenvalue weighted by molar-refractivity contribution is 7.07. The summed E-state index contributed by atoms with van der Waals surface area (Å²) in [7, 11) is 0. The number of hydrogen-bond donors (Lipinski definition) is 1. The highest BCUT2D eigenvalue weighted by Gasteiger charge is 2.49. The summed E-state index contributed by atoms with van der Waals surface area (Å²) in [6.45, 7) is 6.73. The Labute approximate surface area is 133 Å². The Balaban J connectivity index is 1.89. The minimum absolute atomic E-state index is 0.246. The molecule has 0 bridgehead atoms. The molecule has 2 N–H and O–H groups in total. The third kappa shape index (κ3) is 3.06. The van der Waals surface area contributed by atoms with Gasteiger partial charge in [-0.15, -0.1) is 0 Å². The first-order valence-electron chi connectivity index (χ1n) is 8.65. The van der Waals surface area contributed by atoms with Gasteiger partial charge in [0.1, 0.15) is 0 Å². The first-order chi connectivity index (χ1) is 10.2. The lowest BCUT2D eigenvalue weighted by molar-refractivity contribution is -0.0256. The Hall–Kier alpha value is -0.380. The van der Waals surface area contributed by atoms with Crippen LogP contribution in [0.15, 0.2) is 16.8 Å². The second-order valence-electron chi connectivity index (χ2n) is 7.39. The summed E-state index contributed by atoms with van der Waals surface area (Å²) < 4.78 is 0. The molecule has 2 fully saturated rings. The number of nitrogens with two attached hydrogens (primary N) is 1. The van der Waals surface area contributed by atoms with E-state index in [1.807, 2.05) is 11.3 Å². The van der Waals surface area contributed by atoms with Gasteiger partial charge < -0.3 is 5.73 Å². The van der Waals surface area contributed by atoms with Crippen molar-refractivity contribution in [2.45, 2.75) is 70.5 Å². The fraction of sp³-hybridized carbons (Fsp3) is 0.778. The summed E-state index contributed by atoms with van der Waals surface area (Å²) in [6, 6.07) is 3.07. The molecular weight excluding hydrogens is 276 g/mol. The Bertz CT molecular complexity index is 438. The number of rotatable bonds is 6. The van der Waals surface area contributed by atoms with Crippen molar-refractivity contribution in [3.05, 3.63) is 22.4 Å². The maximum Gasteiger partial charge on any atom is 0.0368 e. The van der Waals surface area contributed by atoms with Crippen molar-refractivity contribution >= 4 is 11.3 Å². The summed E-state index contributed by atoms with van der Waals surface area (Å²) in [5.74, 6) is 1.49. The van der Waals surface area contributed by atoms with E-state index < -0.39 is 0 Å². The van der Waals surface area contributed by atoms with Crippen molar-refractivity contribution in [3.63, 3.8) is 0 Å². The molecule has 0 aromatic carbocycles. The smallest absolute Gasteiger partial charge is 0.0368 e. The molecule has 0 spiro atoms. The van der Waals surface area contributed by atoms with Gasteiger partial charge >= 0.3 is 0 Å². The zero-order valence-electron chi connectivity index (χ0n) is 13.6. The van der Waals surface area contributed by atoms with Crippen molar-refractivity contribution in [1.29, 1.82) is 0 Å². The predicted molar refractivity (Wildman–Crippen MR) is 91.5 cm³/mol. The normalized spacial score (nSPS) is 30.2. The predicted octanol–water partition coefficient (Wildman–Crippen LogP) is 4.26. The van der Waals surface area contributed by atoms with Crippen LogP contribution in [-0.4, -0.2) is 23.0 Å². The van der Waals surface area contributed by atoms with Crippen LogP contribution in [0.5, 0.6) is 0 Å². The lowest BCUT2D eigenvalue weighted by atomic mass is 9.66. The van der Waals surface area contributed by atoms with E-state index in [2.05, 4.69) is 35.6 Å². The first-order valence-corrected chi connectivity index (χ1v) is 9.59. The molecular formula is C18H30N2S. The van der Waals surface area contributed by atoms with Crippen molar-refractivity contribution in [3.8, 4) is 0 Å². The molecule has 2 nitrogen and oxygen atoms in total. The lowest BCUT2D eigenvalue weighted by Gasteiger charge is -2.53. The summed E-state index contributed by atoms with van der Waals surface area (Å²) in [5, 5.41) is 4.52. The zero-order valence-corrected chi connectivity index (χ0v) is 14.4. The Kier molecular flexibility index (Phi) is 4.72. The van der Waals surface area contributed by atoms with Gasteiger partial charge in [-0.1, -0.05) is 26.7 Å². The minimum atomic E-state index is 0.246. The van der Waals surface area contributed by atoms with Gasteiger partial charge in [0.2, 0.25) is 0 Å². The van der Waals surface area contributed by atoms with Gasteiger partial charge in [-0.3, -0.25) is 4.90 Å². The van der Waals surface area contributed by atoms with E-state index in [4.69, 9.17) is 5.73 Å².